The molecule has 0 amide bonds. The van der Waals surface area contributed by atoms with Crippen molar-refractivity contribution in [1.82, 2.24) is 0 Å². The molecule has 0 saturated heterocycles. The lowest BCUT2D eigenvalue weighted by molar-refractivity contribution is 0.452. The second-order valence-corrected chi connectivity index (χ2v) is 16.6. The normalized spacial score (nSPS) is 12.7. The van der Waals surface area contributed by atoms with Crippen LogP contribution in [0.1, 0.15) is 0 Å². The van der Waals surface area contributed by atoms with Gasteiger partial charge in [-0.2, -0.15) is 0 Å². The molecule has 0 radical (unpaired) electrons. The quantitative estimate of drug-likeness (QED) is 0.642. The zero-order valence-electron chi connectivity index (χ0n) is 10.3. The van der Waals surface area contributed by atoms with Gasteiger partial charge in [-0.3, -0.25) is 0 Å². The van der Waals surface area contributed by atoms with E-state index >= 15 is 0 Å². The third kappa shape index (κ3) is 3.30. The summed E-state index contributed by atoms with van der Waals surface area (Å²) in [5, 5.41) is 0. The number of hydrogen-bond acceptors (Lipinski definition) is 1. The summed E-state index contributed by atoms with van der Waals surface area (Å²) < 4.78 is 0. The van der Waals surface area contributed by atoms with E-state index in [9.17, 15) is 19.6 Å². The van der Waals surface area contributed by atoms with Crippen molar-refractivity contribution >= 4 is 34.2 Å². The van der Waals surface area contributed by atoms with Gasteiger partial charge in [-0.15, -0.1) is 0 Å². The van der Waals surface area contributed by atoms with E-state index in [1.165, 1.54) is 0 Å². The topological polar surface area (TPSA) is 80.9 Å². The first-order chi connectivity index (χ1) is 9.34. The Kier molecular flexibility index (Phi) is 5.00. The van der Waals surface area contributed by atoms with Gasteiger partial charge < -0.3 is 19.6 Å². The van der Waals surface area contributed by atoms with E-state index in [0.29, 0.717) is 9.79 Å². The van der Waals surface area contributed by atoms with Crippen molar-refractivity contribution in [2.45, 2.75) is 9.79 Å². The lowest BCUT2D eigenvalue weighted by atomic mass is 10.4. The monoisotopic (exact) mass is 348 g/mol. The average Bonchev–Trinajstić information content (AvgIpc) is 2.40. The minimum absolute atomic E-state index is 0.620. The van der Waals surface area contributed by atoms with Crippen LogP contribution in [-0.2, 0) is 21.9 Å². The first-order valence-corrected chi connectivity index (χ1v) is 12.5. The lowest BCUT2D eigenvalue weighted by Crippen LogP contribution is -1.98. The Labute approximate surface area is 124 Å². The van der Waals surface area contributed by atoms with Crippen molar-refractivity contribution in [3.8, 4) is 0 Å². The minimum Gasteiger partial charge on any atom is -0.342 e. The maximum absolute atomic E-state index is 10.3. The van der Waals surface area contributed by atoms with Crippen LogP contribution in [0.2, 0.25) is 0 Å². The fourth-order valence-electron chi connectivity index (χ4n) is 1.62. The molecule has 0 heterocycles. The Bertz CT molecular complexity index is 650. The van der Waals surface area contributed by atoms with Gasteiger partial charge in [0.25, 0.3) is 6.18 Å². The van der Waals surface area contributed by atoms with Crippen molar-refractivity contribution in [1.29, 1.82) is 0 Å². The standard InChI is InChI=1S/C12H14O4P2S2/c13-17(14,19)18(15,16)20(11-7-3-1-4-8-11)12-9-5-2-6-10-12/h1-10,15-16H,(H2,13,14,19). The predicted octanol–water partition coefficient (Wildman–Crippen LogP) is 2.68. The summed E-state index contributed by atoms with van der Waals surface area (Å²) in [4.78, 5) is 41.3. The van der Waals surface area contributed by atoms with Crippen LogP contribution in [-0.4, -0.2) is 19.6 Å². The Morgan fingerprint density at radius 1 is 0.700 bits per heavy atom. The van der Waals surface area contributed by atoms with Crippen LogP contribution in [0.25, 0.3) is 0 Å². The highest BCUT2D eigenvalue weighted by Crippen LogP contribution is 2.76. The molecule has 0 aliphatic heterocycles. The Morgan fingerprint density at radius 3 is 1.35 bits per heavy atom. The van der Waals surface area contributed by atoms with Crippen LogP contribution in [0.4, 0.5) is 0 Å². The maximum atomic E-state index is 10.3. The second-order valence-electron chi connectivity index (χ2n) is 3.94. The summed E-state index contributed by atoms with van der Waals surface area (Å²) >= 11 is 4.58. The van der Waals surface area contributed by atoms with E-state index in [0.717, 1.165) is 0 Å². The molecule has 0 atom stereocenters. The van der Waals surface area contributed by atoms with Crippen molar-refractivity contribution in [2.24, 2.45) is 0 Å². The van der Waals surface area contributed by atoms with E-state index in [1.807, 2.05) is 0 Å². The molecule has 0 spiro atoms. The van der Waals surface area contributed by atoms with Gasteiger partial charge in [0.15, 0.2) is 0 Å². The summed E-state index contributed by atoms with van der Waals surface area (Å²) in [6.07, 6.45) is -8.30. The SMILES string of the molecule is OP(O)(=S)P(O)(O)=S(c1ccccc1)c1ccccc1. The molecule has 0 aliphatic rings. The Hall–Kier alpha value is -0.290. The second kappa shape index (κ2) is 6.22. The van der Waals surface area contributed by atoms with Crippen LogP contribution in [0.5, 0.6) is 0 Å². The summed E-state index contributed by atoms with van der Waals surface area (Å²) in [5.74, 6) is 0. The van der Waals surface area contributed by atoms with Gasteiger partial charge in [-0.05, 0) is 36.1 Å². The van der Waals surface area contributed by atoms with Crippen molar-refractivity contribution in [2.75, 3.05) is 0 Å². The molecule has 108 valence electrons. The molecule has 20 heavy (non-hydrogen) atoms. The number of benzene rings is 2. The zero-order chi connectivity index (χ0) is 14.8. The van der Waals surface area contributed by atoms with Gasteiger partial charge in [0, 0.05) is 9.79 Å². The molecule has 0 aliphatic carbocycles. The summed E-state index contributed by atoms with van der Waals surface area (Å²) in [6.45, 7) is 0. The Balaban J connectivity index is 2.83. The molecular weight excluding hydrogens is 334 g/mol. The van der Waals surface area contributed by atoms with Gasteiger partial charge >= 0.3 is 0 Å². The van der Waals surface area contributed by atoms with Gasteiger partial charge in [-0.25, -0.2) is 0 Å². The molecule has 0 bridgehead atoms. The molecule has 2 rings (SSSR count). The third-order valence-corrected chi connectivity index (χ3v) is 16.4. The molecule has 0 fully saturated rings. The molecule has 0 aromatic heterocycles. The molecule has 4 N–H and O–H groups in total. The van der Waals surface area contributed by atoms with E-state index in [2.05, 4.69) is 11.8 Å². The average molecular weight is 348 g/mol. The van der Waals surface area contributed by atoms with E-state index in [4.69, 9.17) is 0 Å². The van der Waals surface area contributed by atoms with Gasteiger partial charge in [-0.1, -0.05) is 46.5 Å². The summed E-state index contributed by atoms with van der Waals surface area (Å²) in [6, 6.07) is 17.5. The van der Waals surface area contributed by atoms with Crippen molar-refractivity contribution < 1.29 is 19.6 Å². The summed E-state index contributed by atoms with van der Waals surface area (Å²) in [7, 11) is -1.26. The number of rotatable bonds is 3. The van der Waals surface area contributed by atoms with Crippen molar-refractivity contribution in [3.05, 3.63) is 60.7 Å². The Morgan fingerprint density at radius 2 is 1.05 bits per heavy atom. The molecule has 0 saturated carbocycles. The largest absolute Gasteiger partial charge is 0.342 e. The minimum atomic E-state index is -4.19. The highest BCUT2D eigenvalue weighted by molar-refractivity contribution is 8.65. The molecule has 4 nitrogen and oxygen atoms in total. The number of hydrogen-bond donors (Lipinski definition) is 4. The van der Waals surface area contributed by atoms with Crippen LogP contribution >= 0.6 is 12.4 Å². The van der Waals surface area contributed by atoms with Crippen LogP contribution < -0.4 is 0 Å². The highest BCUT2D eigenvalue weighted by Gasteiger charge is 2.33. The molecule has 2 aromatic rings. The molecular formula is C12H14O4P2S2. The van der Waals surface area contributed by atoms with Crippen LogP contribution in [0.15, 0.2) is 70.5 Å². The molecule has 0 unspecified atom stereocenters. The van der Waals surface area contributed by atoms with Gasteiger partial charge in [0.1, 0.15) is 0 Å². The predicted molar refractivity (Wildman–Crippen MR) is 86.9 cm³/mol. The van der Waals surface area contributed by atoms with Crippen LogP contribution in [0, 0.1) is 0 Å². The lowest BCUT2D eigenvalue weighted by Gasteiger charge is -2.24. The maximum Gasteiger partial charge on any atom is 0.262 e. The first-order valence-electron chi connectivity index (χ1n) is 5.59. The van der Waals surface area contributed by atoms with Crippen molar-refractivity contribution in [3.63, 3.8) is 0 Å². The van der Waals surface area contributed by atoms with Crippen LogP contribution in [0.3, 0.4) is 0 Å². The third-order valence-electron chi connectivity index (χ3n) is 2.52. The van der Waals surface area contributed by atoms with Gasteiger partial charge in [0.2, 0.25) is 6.18 Å². The highest BCUT2D eigenvalue weighted by atomic mass is 32.8. The molecule has 2 aromatic carbocycles. The summed E-state index contributed by atoms with van der Waals surface area (Å²) in [5.41, 5.74) is 0. The first kappa shape index (κ1) is 16.1. The molecule has 8 heteroatoms. The van der Waals surface area contributed by atoms with E-state index in [1.54, 1.807) is 60.7 Å². The van der Waals surface area contributed by atoms with E-state index < -0.39 is 22.4 Å². The smallest absolute Gasteiger partial charge is 0.262 e. The van der Waals surface area contributed by atoms with E-state index in [-0.39, 0.29) is 0 Å². The zero-order valence-corrected chi connectivity index (χ0v) is 13.7. The fraction of sp³-hybridized carbons (Fsp3) is 0. The van der Waals surface area contributed by atoms with Gasteiger partial charge in [0.05, 0.1) is 0 Å². The fourth-order valence-corrected chi connectivity index (χ4v) is 12.0.